The normalized spacial score (nSPS) is 21.9. The predicted molar refractivity (Wildman–Crippen MR) is 99.6 cm³/mol. The van der Waals surface area contributed by atoms with Gasteiger partial charge in [-0.1, -0.05) is 40.0 Å². The van der Waals surface area contributed by atoms with Gasteiger partial charge in [-0.2, -0.15) is 0 Å². The third-order valence-corrected chi connectivity index (χ3v) is 5.49. The van der Waals surface area contributed by atoms with E-state index in [1.165, 1.54) is 57.9 Å². The molecule has 3 heteroatoms. The van der Waals surface area contributed by atoms with Crippen LogP contribution in [-0.2, 0) is 4.79 Å². The molecule has 0 spiro atoms. The van der Waals surface area contributed by atoms with E-state index < -0.39 is 0 Å². The number of hydrogen-bond acceptors (Lipinski definition) is 2. The summed E-state index contributed by atoms with van der Waals surface area (Å²) in [5, 5.41) is 0. The molecule has 1 saturated carbocycles. The van der Waals surface area contributed by atoms with E-state index in [9.17, 15) is 4.79 Å². The summed E-state index contributed by atoms with van der Waals surface area (Å²) in [5.74, 6) is 1.84. The molecule has 1 aliphatic rings. The molecule has 0 aromatic carbocycles. The van der Waals surface area contributed by atoms with Crippen LogP contribution in [0.4, 0.5) is 0 Å². The van der Waals surface area contributed by atoms with E-state index in [4.69, 9.17) is 0 Å². The van der Waals surface area contributed by atoms with Crippen LogP contribution in [0, 0.1) is 11.8 Å². The van der Waals surface area contributed by atoms with Gasteiger partial charge in [0.1, 0.15) is 0 Å². The molecule has 23 heavy (non-hydrogen) atoms. The quantitative estimate of drug-likeness (QED) is 0.550. The lowest BCUT2D eigenvalue weighted by Crippen LogP contribution is -2.39. The molecule has 1 aliphatic carbocycles. The Bertz CT molecular complexity index is 322. The summed E-state index contributed by atoms with van der Waals surface area (Å²) in [4.78, 5) is 16.2. The minimum Gasteiger partial charge on any atom is -0.345 e. The fourth-order valence-electron chi connectivity index (χ4n) is 3.80. The summed E-state index contributed by atoms with van der Waals surface area (Å²) in [5.41, 5.74) is 0. The van der Waals surface area contributed by atoms with Crippen LogP contribution >= 0.6 is 0 Å². The molecule has 0 atom stereocenters. The van der Waals surface area contributed by atoms with Crippen LogP contribution in [0.1, 0.15) is 78.6 Å². The topological polar surface area (TPSA) is 23.6 Å². The van der Waals surface area contributed by atoms with E-state index >= 15 is 0 Å². The third kappa shape index (κ3) is 8.19. The summed E-state index contributed by atoms with van der Waals surface area (Å²) >= 11 is 0. The minimum absolute atomic E-state index is 0.283. The van der Waals surface area contributed by atoms with Crippen LogP contribution in [0.15, 0.2) is 0 Å². The van der Waals surface area contributed by atoms with Crippen LogP contribution in [0.2, 0.25) is 0 Å². The van der Waals surface area contributed by atoms with Crippen LogP contribution < -0.4 is 0 Å². The maximum absolute atomic E-state index is 11.7. The Morgan fingerprint density at radius 3 is 2.26 bits per heavy atom. The molecular formula is C20H40N2O. The van der Waals surface area contributed by atoms with Gasteiger partial charge in [0.25, 0.3) is 0 Å². The number of carbonyl (C=O) groups is 1. The van der Waals surface area contributed by atoms with Gasteiger partial charge < -0.3 is 9.80 Å². The summed E-state index contributed by atoms with van der Waals surface area (Å²) < 4.78 is 0. The minimum atomic E-state index is 0.283. The molecule has 0 aromatic heterocycles. The maximum Gasteiger partial charge on any atom is 0.222 e. The zero-order valence-corrected chi connectivity index (χ0v) is 16.3. The molecule has 0 radical (unpaired) electrons. The van der Waals surface area contributed by atoms with Gasteiger partial charge in [0.2, 0.25) is 5.91 Å². The number of nitrogens with zero attached hydrogens (tertiary/aromatic N) is 2. The van der Waals surface area contributed by atoms with Crippen molar-refractivity contribution in [1.82, 2.24) is 9.80 Å². The first-order valence-electron chi connectivity index (χ1n) is 9.88. The van der Waals surface area contributed by atoms with Crippen molar-refractivity contribution in [3.8, 4) is 0 Å². The first kappa shape index (κ1) is 20.5. The molecule has 1 amide bonds. The Kier molecular flexibility index (Phi) is 9.85. The van der Waals surface area contributed by atoms with Crippen LogP contribution in [-0.4, -0.2) is 48.9 Å². The van der Waals surface area contributed by atoms with Crippen LogP contribution in [0.3, 0.4) is 0 Å². The zero-order valence-electron chi connectivity index (χ0n) is 16.3. The van der Waals surface area contributed by atoms with Gasteiger partial charge in [0.15, 0.2) is 0 Å². The lowest BCUT2D eigenvalue weighted by molar-refractivity contribution is -0.130. The monoisotopic (exact) mass is 324 g/mol. The molecule has 3 nitrogen and oxygen atoms in total. The molecule has 1 fully saturated rings. The van der Waals surface area contributed by atoms with Gasteiger partial charge in [0.05, 0.1) is 0 Å². The smallest absolute Gasteiger partial charge is 0.222 e. The molecule has 0 bridgehead atoms. The Balaban J connectivity index is 2.16. The predicted octanol–water partition coefficient (Wildman–Crippen LogP) is 4.56. The van der Waals surface area contributed by atoms with Crippen molar-refractivity contribution in [2.45, 2.75) is 84.6 Å². The largest absolute Gasteiger partial charge is 0.345 e. The van der Waals surface area contributed by atoms with E-state index in [-0.39, 0.29) is 5.91 Å². The Morgan fingerprint density at radius 1 is 1.04 bits per heavy atom. The summed E-state index contributed by atoms with van der Waals surface area (Å²) in [6, 6.07) is 0.767. The van der Waals surface area contributed by atoms with E-state index in [1.807, 2.05) is 18.9 Å². The van der Waals surface area contributed by atoms with E-state index in [2.05, 4.69) is 25.8 Å². The van der Waals surface area contributed by atoms with Gasteiger partial charge in [-0.3, -0.25) is 4.79 Å². The highest BCUT2D eigenvalue weighted by atomic mass is 16.2. The van der Waals surface area contributed by atoms with Crippen molar-refractivity contribution < 1.29 is 4.79 Å². The highest BCUT2D eigenvalue weighted by Crippen LogP contribution is 2.28. The Morgan fingerprint density at radius 2 is 1.70 bits per heavy atom. The van der Waals surface area contributed by atoms with Crippen molar-refractivity contribution >= 4 is 5.91 Å². The Labute approximate surface area is 144 Å². The highest BCUT2D eigenvalue weighted by molar-refractivity contribution is 5.75. The highest BCUT2D eigenvalue weighted by Gasteiger charge is 2.25. The van der Waals surface area contributed by atoms with E-state index in [0.717, 1.165) is 18.5 Å². The first-order chi connectivity index (χ1) is 10.9. The zero-order chi connectivity index (χ0) is 17.2. The molecule has 136 valence electrons. The molecule has 0 aliphatic heterocycles. The third-order valence-electron chi connectivity index (χ3n) is 5.49. The Hall–Kier alpha value is -0.570. The second-order valence-corrected chi connectivity index (χ2v) is 8.03. The number of rotatable bonds is 10. The molecule has 0 unspecified atom stereocenters. The average molecular weight is 325 g/mol. The van der Waals surface area contributed by atoms with Crippen molar-refractivity contribution in [2.24, 2.45) is 11.8 Å². The van der Waals surface area contributed by atoms with Crippen molar-refractivity contribution in [2.75, 3.05) is 27.2 Å². The van der Waals surface area contributed by atoms with Crippen molar-refractivity contribution in [3.63, 3.8) is 0 Å². The number of unbranched alkanes of at least 4 members (excludes halogenated alkanes) is 2. The molecular weight excluding hydrogens is 284 g/mol. The number of amides is 1. The summed E-state index contributed by atoms with van der Waals surface area (Å²) in [6.07, 6.45) is 11.3. The summed E-state index contributed by atoms with van der Waals surface area (Å²) in [6.45, 7) is 8.79. The lowest BCUT2D eigenvalue weighted by Gasteiger charge is -2.36. The maximum atomic E-state index is 11.7. The number of carbonyl (C=O) groups excluding carboxylic acids is 1. The molecule has 0 heterocycles. The van der Waals surface area contributed by atoms with Gasteiger partial charge in [-0.05, 0) is 57.5 Å². The second kappa shape index (κ2) is 11.1. The molecule has 1 rings (SSSR count). The van der Waals surface area contributed by atoms with E-state index in [0.29, 0.717) is 12.3 Å². The van der Waals surface area contributed by atoms with Crippen molar-refractivity contribution in [3.05, 3.63) is 0 Å². The second-order valence-electron chi connectivity index (χ2n) is 8.03. The van der Waals surface area contributed by atoms with Gasteiger partial charge >= 0.3 is 0 Å². The standard InChI is InChI=1S/C20H40N2O/c1-6-20(23)22(5)16-18-11-13-19(14-12-18)21(4)15-9-7-8-10-17(2)3/h17-19H,6-16H2,1-5H3. The molecule has 0 saturated heterocycles. The average Bonchev–Trinajstić information content (AvgIpc) is 2.53. The van der Waals surface area contributed by atoms with Gasteiger partial charge in [-0.15, -0.1) is 0 Å². The molecule has 0 N–H and O–H groups in total. The fourth-order valence-corrected chi connectivity index (χ4v) is 3.80. The first-order valence-corrected chi connectivity index (χ1v) is 9.88. The van der Waals surface area contributed by atoms with Gasteiger partial charge in [0, 0.05) is 26.1 Å². The van der Waals surface area contributed by atoms with E-state index in [1.54, 1.807) is 0 Å². The van der Waals surface area contributed by atoms with Gasteiger partial charge in [-0.25, -0.2) is 0 Å². The number of hydrogen-bond donors (Lipinski definition) is 0. The SMILES string of the molecule is CCC(=O)N(C)CC1CCC(N(C)CCCCCC(C)C)CC1. The van der Waals surface area contributed by atoms with Crippen LogP contribution in [0.5, 0.6) is 0 Å². The lowest BCUT2D eigenvalue weighted by atomic mass is 9.85. The molecule has 0 aromatic rings. The fraction of sp³-hybridized carbons (Fsp3) is 0.950. The summed E-state index contributed by atoms with van der Waals surface area (Å²) in [7, 11) is 4.27. The van der Waals surface area contributed by atoms with Crippen molar-refractivity contribution in [1.29, 1.82) is 0 Å². The van der Waals surface area contributed by atoms with Crippen LogP contribution in [0.25, 0.3) is 0 Å².